The molecule has 0 spiro atoms. The lowest BCUT2D eigenvalue weighted by Gasteiger charge is -2.13. The fourth-order valence-corrected chi connectivity index (χ4v) is 2.62. The molecule has 1 aromatic heterocycles. The van der Waals surface area contributed by atoms with E-state index in [9.17, 15) is 4.79 Å². The van der Waals surface area contributed by atoms with Gasteiger partial charge in [0, 0.05) is 23.8 Å². The quantitative estimate of drug-likeness (QED) is 0.670. The minimum Gasteiger partial charge on any atom is -0.497 e. The van der Waals surface area contributed by atoms with Gasteiger partial charge in [-0.3, -0.25) is 4.79 Å². The minimum atomic E-state index is -0.269. The van der Waals surface area contributed by atoms with Crippen molar-refractivity contribution >= 4 is 23.2 Å². The molecule has 0 saturated carbocycles. The summed E-state index contributed by atoms with van der Waals surface area (Å²) in [7, 11) is 1.60. The molecule has 3 aromatic rings. The fourth-order valence-electron chi connectivity index (χ4n) is 2.62. The number of carbonyl (C=O) groups is 1. The number of nitrogens with zero attached hydrogens (tertiary/aromatic N) is 2. The lowest BCUT2D eigenvalue weighted by Crippen LogP contribution is -2.13. The Morgan fingerprint density at radius 2 is 1.67 bits per heavy atom. The van der Waals surface area contributed by atoms with Crippen molar-refractivity contribution in [2.75, 3.05) is 17.7 Å². The second-order valence-corrected chi connectivity index (χ2v) is 6.34. The number of hydrogen-bond acceptors (Lipinski definition) is 5. The van der Waals surface area contributed by atoms with Gasteiger partial charge in [0.1, 0.15) is 5.75 Å². The topological polar surface area (TPSA) is 76.1 Å². The number of amides is 1. The molecule has 0 atom stereocenters. The van der Waals surface area contributed by atoms with Gasteiger partial charge < -0.3 is 15.4 Å². The van der Waals surface area contributed by atoms with Gasteiger partial charge in [0.05, 0.1) is 12.7 Å². The number of carbonyl (C=O) groups excluding carboxylic acids is 1. The number of benzene rings is 2. The van der Waals surface area contributed by atoms with E-state index in [1.165, 1.54) is 18.0 Å². The van der Waals surface area contributed by atoms with Gasteiger partial charge in [-0.1, -0.05) is 32.0 Å². The zero-order chi connectivity index (χ0) is 19.2. The van der Waals surface area contributed by atoms with Crippen LogP contribution in [0.2, 0.25) is 0 Å². The van der Waals surface area contributed by atoms with Crippen LogP contribution in [0.3, 0.4) is 0 Å². The normalized spacial score (nSPS) is 10.5. The van der Waals surface area contributed by atoms with Gasteiger partial charge in [0.15, 0.2) is 0 Å². The molecule has 1 heterocycles. The number of rotatable bonds is 6. The summed E-state index contributed by atoms with van der Waals surface area (Å²) in [5, 5.41) is 6.02. The first-order valence-electron chi connectivity index (χ1n) is 8.70. The highest BCUT2D eigenvalue weighted by Crippen LogP contribution is 2.25. The van der Waals surface area contributed by atoms with Crippen molar-refractivity contribution in [2.45, 2.75) is 19.8 Å². The highest BCUT2D eigenvalue weighted by Gasteiger charge is 2.10. The largest absolute Gasteiger partial charge is 0.497 e. The van der Waals surface area contributed by atoms with E-state index in [0.29, 0.717) is 23.1 Å². The first-order chi connectivity index (χ1) is 13.1. The number of anilines is 3. The summed E-state index contributed by atoms with van der Waals surface area (Å²) in [5.74, 6) is 1.29. The molecule has 2 aromatic carbocycles. The van der Waals surface area contributed by atoms with Crippen molar-refractivity contribution in [1.29, 1.82) is 0 Å². The van der Waals surface area contributed by atoms with E-state index in [2.05, 4.69) is 40.5 Å². The smallest absolute Gasteiger partial charge is 0.258 e. The van der Waals surface area contributed by atoms with Gasteiger partial charge in [0.25, 0.3) is 5.91 Å². The fraction of sp³-hybridized carbons (Fsp3) is 0.190. The molecule has 0 unspecified atom stereocenters. The lowest BCUT2D eigenvalue weighted by molar-refractivity contribution is 0.102. The van der Waals surface area contributed by atoms with Gasteiger partial charge >= 0.3 is 0 Å². The van der Waals surface area contributed by atoms with E-state index in [0.717, 1.165) is 11.4 Å². The summed E-state index contributed by atoms with van der Waals surface area (Å²) in [4.78, 5) is 20.9. The van der Waals surface area contributed by atoms with Gasteiger partial charge in [0.2, 0.25) is 5.95 Å². The maximum atomic E-state index is 12.3. The van der Waals surface area contributed by atoms with Crippen molar-refractivity contribution in [2.24, 2.45) is 0 Å². The van der Waals surface area contributed by atoms with Gasteiger partial charge in [-0.05, 0) is 41.8 Å². The predicted octanol–water partition coefficient (Wildman–Crippen LogP) is 4.60. The molecule has 0 aliphatic rings. The van der Waals surface area contributed by atoms with Crippen molar-refractivity contribution in [1.82, 2.24) is 9.97 Å². The van der Waals surface area contributed by atoms with Crippen LogP contribution in [0.25, 0.3) is 0 Å². The third-order valence-corrected chi connectivity index (χ3v) is 4.09. The Morgan fingerprint density at radius 1 is 1.00 bits per heavy atom. The molecule has 0 aliphatic carbocycles. The van der Waals surface area contributed by atoms with Crippen LogP contribution < -0.4 is 15.4 Å². The zero-order valence-corrected chi connectivity index (χ0v) is 15.6. The van der Waals surface area contributed by atoms with Gasteiger partial charge in [-0.15, -0.1) is 0 Å². The third-order valence-electron chi connectivity index (χ3n) is 4.09. The molecule has 6 heteroatoms. The van der Waals surface area contributed by atoms with Crippen LogP contribution in [0, 0.1) is 0 Å². The minimum absolute atomic E-state index is 0.269. The van der Waals surface area contributed by atoms with E-state index in [-0.39, 0.29) is 5.91 Å². The summed E-state index contributed by atoms with van der Waals surface area (Å²) in [6, 6.07) is 15.1. The molecule has 27 heavy (non-hydrogen) atoms. The number of hydrogen-bond donors (Lipinski definition) is 2. The molecule has 3 rings (SSSR count). The molecule has 2 N–H and O–H groups in total. The van der Waals surface area contributed by atoms with E-state index >= 15 is 0 Å². The van der Waals surface area contributed by atoms with E-state index < -0.39 is 0 Å². The number of ether oxygens (including phenoxy) is 1. The number of para-hydroxylation sites is 1. The zero-order valence-electron chi connectivity index (χ0n) is 15.6. The summed E-state index contributed by atoms with van der Waals surface area (Å²) in [6.07, 6.45) is 3.01. The SMILES string of the molecule is COc1ccc(NC(=O)c2cnc(Nc3ccccc3C(C)C)nc2)cc1. The molecular formula is C21H22N4O2. The highest BCUT2D eigenvalue weighted by molar-refractivity contribution is 6.03. The van der Waals surface area contributed by atoms with Crippen LogP contribution in [0.1, 0.15) is 35.7 Å². The number of methoxy groups -OCH3 is 1. The average Bonchev–Trinajstić information content (AvgIpc) is 2.69. The highest BCUT2D eigenvalue weighted by atomic mass is 16.5. The van der Waals surface area contributed by atoms with Crippen LogP contribution in [0.5, 0.6) is 5.75 Å². The molecule has 1 amide bonds. The molecule has 0 aliphatic heterocycles. The molecule has 0 bridgehead atoms. The Hall–Kier alpha value is -3.41. The summed E-state index contributed by atoms with van der Waals surface area (Å²) >= 11 is 0. The van der Waals surface area contributed by atoms with Crippen molar-refractivity contribution < 1.29 is 9.53 Å². The van der Waals surface area contributed by atoms with Crippen LogP contribution >= 0.6 is 0 Å². The van der Waals surface area contributed by atoms with E-state index in [1.54, 1.807) is 31.4 Å². The van der Waals surface area contributed by atoms with Crippen molar-refractivity contribution in [3.63, 3.8) is 0 Å². The first-order valence-corrected chi connectivity index (χ1v) is 8.70. The maximum absolute atomic E-state index is 12.3. The van der Waals surface area contributed by atoms with E-state index in [1.807, 2.05) is 18.2 Å². The molecule has 138 valence electrons. The maximum Gasteiger partial charge on any atom is 0.258 e. The second-order valence-electron chi connectivity index (χ2n) is 6.34. The van der Waals surface area contributed by atoms with Gasteiger partial charge in [-0.25, -0.2) is 9.97 Å². The molecule has 0 fully saturated rings. The standard InChI is InChI=1S/C21H22N4O2/c1-14(2)18-6-4-5-7-19(18)25-21-22-12-15(13-23-21)20(26)24-16-8-10-17(27-3)11-9-16/h4-14H,1-3H3,(H,24,26)(H,22,23,25). The Morgan fingerprint density at radius 3 is 2.30 bits per heavy atom. The summed E-state index contributed by atoms with van der Waals surface area (Å²) in [5.41, 5.74) is 3.20. The van der Waals surface area contributed by atoms with Crippen LogP contribution in [0.15, 0.2) is 60.9 Å². The van der Waals surface area contributed by atoms with Crippen LogP contribution in [0.4, 0.5) is 17.3 Å². The number of aromatic nitrogens is 2. The Balaban J connectivity index is 1.68. The van der Waals surface area contributed by atoms with E-state index in [4.69, 9.17) is 4.74 Å². The Bertz CT molecular complexity index is 906. The second kappa shape index (κ2) is 8.31. The van der Waals surface area contributed by atoms with Crippen LogP contribution in [-0.4, -0.2) is 23.0 Å². The molecular weight excluding hydrogens is 340 g/mol. The summed E-state index contributed by atoms with van der Waals surface area (Å²) < 4.78 is 5.10. The number of nitrogens with one attached hydrogen (secondary N) is 2. The predicted molar refractivity (Wildman–Crippen MR) is 107 cm³/mol. The molecule has 0 saturated heterocycles. The monoisotopic (exact) mass is 362 g/mol. The summed E-state index contributed by atoms with van der Waals surface area (Å²) in [6.45, 7) is 4.27. The third kappa shape index (κ3) is 4.61. The molecule has 6 nitrogen and oxygen atoms in total. The molecule has 0 radical (unpaired) electrons. The average molecular weight is 362 g/mol. The first kappa shape index (κ1) is 18.4. The Kier molecular flexibility index (Phi) is 5.66. The van der Waals surface area contributed by atoms with Gasteiger partial charge in [-0.2, -0.15) is 0 Å². The van der Waals surface area contributed by atoms with Crippen molar-refractivity contribution in [3.8, 4) is 5.75 Å². The van der Waals surface area contributed by atoms with Crippen molar-refractivity contribution in [3.05, 3.63) is 72.1 Å². The Labute approximate surface area is 158 Å². The lowest BCUT2D eigenvalue weighted by atomic mass is 10.0. The van der Waals surface area contributed by atoms with Crippen LogP contribution in [-0.2, 0) is 0 Å².